The molecule has 4 nitrogen and oxygen atoms in total. The molecule has 0 amide bonds. The lowest BCUT2D eigenvalue weighted by atomic mass is 9.95. The smallest absolute Gasteiger partial charge is 0.357 e. The number of aliphatic hydroxyl groups excluding tert-OH is 1. The van der Waals surface area contributed by atoms with E-state index in [1.54, 1.807) is 17.2 Å². The van der Waals surface area contributed by atoms with Gasteiger partial charge < -0.3 is 9.94 Å². The van der Waals surface area contributed by atoms with Gasteiger partial charge in [-0.2, -0.15) is 0 Å². The lowest BCUT2D eigenvalue weighted by Gasteiger charge is -2.30. The topological polar surface area (TPSA) is 49.8 Å². The average Bonchev–Trinajstić information content (AvgIpc) is 2.42. The van der Waals surface area contributed by atoms with Crippen LogP contribution in [0.4, 0.5) is 0 Å². The molecule has 0 aromatic heterocycles. The van der Waals surface area contributed by atoms with Crippen LogP contribution in [0, 0.1) is 5.92 Å². The summed E-state index contributed by atoms with van der Waals surface area (Å²) >= 11 is 0. The quantitative estimate of drug-likeness (QED) is 0.884. The molecule has 1 aromatic rings. The molecule has 0 atom stereocenters. The molecule has 0 unspecified atom stereocenters. The van der Waals surface area contributed by atoms with E-state index in [1.807, 2.05) is 18.2 Å². The Balaban J connectivity index is 1.80. The van der Waals surface area contributed by atoms with E-state index in [0.717, 1.165) is 32.4 Å². The van der Waals surface area contributed by atoms with Crippen molar-refractivity contribution in [3.63, 3.8) is 0 Å². The maximum Gasteiger partial charge on any atom is 0.357 e. The number of piperidine rings is 1. The van der Waals surface area contributed by atoms with Crippen LogP contribution >= 0.6 is 0 Å². The molecular formula is C14H19NO3. The second-order valence-electron chi connectivity index (χ2n) is 4.63. The summed E-state index contributed by atoms with van der Waals surface area (Å²) < 4.78 is 0. The molecule has 98 valence electrons. The van der Waals surface area contributed by atoms with Crippen molar-refractivity contribution in [1.29, 1.82) is 0 Å². The molecule has 18 heavy (non-hydrogen) atoms. The number of carbonyl (C=O) groups is 1. The van der Waals surface area contributed by atoms with E-state index in [-0.39, 0.29) is 12.6 Å². The first kappa shape index (κ1) is 13.1. The maximum atomic E-state index is 11.8. The third kappa shape index (κ3) is 3.55. The van der Waals surface area contributed by atoms with E-state index < -0.39 is 0 Å². The first-order chi connectivity index (χ1) is 8.79. The minimum absolute atomic E-state index is 0.245. The second kappa shape index (κ2) is 6.52. The Bertz CT molecular complexity index is 372. The Morgan fingerprint density at radius 3 is 2.56 bits per heavy atom. The summed E-state index contributed by atoms with van der Waals surface area (Å²) in [7, 11) is 0. The number of rotatable bonds is 4. The average molecular weight is 249 g/mol. The van der Waals surface area contributed by atoms with Crippen molar-refractivity contribution in [2.75, 3.05) is 19.7 Å². The molecule has 0 saturated carbocycles. The summed E-state index contributed by atoms with van der Waals surface area (Å²) in [4.78, 5) is 17.2. The fourth-order valence-corrected chi connectivity index (χ4v) is 2.22. The van der Waals surface area contributed by atoms with E-state index in [2.05, 4.69) is 0 Å². The van der Waals surface area contributed by atoms with Crippen LogP contribution in [0.15, 0.2) is 30.3 Å². The van der Waals surface area contributed by atoms with Crippen LogP contribution in [-0.4, -0.2) is 35.8 Å². The SMILES string of the molecule is O=C(ON1CCC(CCO)CC1)c1ccccc1. The van der Waals surface area contributed by atoms with Crippen molar-refractivity contribution in [3.8, 4) is 0 Å². The molecule has 1 aromatic carbocycles. The summed E-state index contributed by atoms with van der Waals surface area (Å²) in [5, 5.41) is 10.6. The molecule has 1 aliphatic rings. The normalized spacial score (nSPS) is 17.6. The second-order valence-corrected chi connectivity index (χ2v) is 4.63. The van der Waals surface area contributed by atoms with Gasteiger partial charge in [-0.15, -0.1) is 5.06 Å². The predicted octanol–water partition coefficient (Wildman–Crippen LogP) is 1.85. The zero-order valence-corrected chi connectivity index (χ0v) is 10.4. The van der Waals surface area contributed by atoms with Gasteiger partial charge in [-0.05, 0) is 37.3 Å². The molecule has 0 radical (unpaired) electrons. The van der Waals surface area contributed by atoms with Crippen LogP contribution in [0.2, 0.25) is 0 Å². The van der Waals surface area contributed by atoms with Crippen LogP contribution in [0.5, 0.6) is 0 Å². The van der Waals surface area contributed by atoms with Gasteiger partial charge in [-0.25, -0.2) is 4.79 Å². The largest absolute Gasteiger partial charge is 0.396 e. The van der Waals surface area contributed by atoms with Crippen LogP contribution < -0.4 is 0 Å². The predicted molar refractivity (Wildman–Crippen MR) is 67.9 cm³/mol. The van der Waals surface area contributed by atoms with E-state index >= 15 is 0 Å². The number of hydroxylamine groups is 2. The lowest BCUT2D eigenvalue weighted by Crippen LogP contribution is -2.35. The summed E-state index contributed by atoms with van der Waals surface area (Å²) in [5.41, 5.74) is 0.579. The number of hydrogen-bond acceptors (Lipinski definition) is 4. The van der Waals surface area contributed by atoms with Crippen molar-refractivity contribution in [2.24, 2.45) is 5.92 Å². The lowest BCUT2D eigenvalue weighted by molar-refractivity contribution is -0.126. The Labute approximate surface area is 107 Å². The highest BCUT2D eigenvalue weighted by Crippen LogP contribution is 2.20. The Morgan fingerprint density at radius 2 is 1.94 bits per heavy atom. The fraction of sp³-hybridized carbons (Fsp3) is 0.500. The Kier molecular flexibility index (Phi) is 4.73. The molecule has 1 N–H and O–H groups in total. The standard InChI is InChI=1S/C14H19NO3/c16-11-8-12-6-9-15(10-7-12)18-14(17)13-4-2-1-3-5-13/h1-5,12,16H,6-11H2. The summed E-state index contributed by atoms with van der Waals surface area (Å²) in [5.74, 6) is 0.262. The fourth-order valence-electron chi connectivity index (χ4n) is 2.22. The molecule has 2 rings (SSSR count). The molecular weight excluding hydrogens is 230 g/mol. The van der Waals surface area contributed by atoms with Crippen molar-refractivity contribution in [3.05, 3.63) is 35.9 Å². The zero-order valence-electron chi connectivity index (χ0n) is 10.4. The number of benzene rings is 1. The van der Waals surface area contributed by atoms with Gasteiger partial charge in [0.05, 0.1) is 5.56 Å². The van der Waals surface area contributed by atoms with E-state index in [1.165, 1.54) is 0 Å². The number of carbonyl (C=O) groups excluding carboxylic acids is 1. The molecule has 1 aliphatic heterocycles. The number of aliphatic hydroxyl groups is 1. The van der Waals surface area contributed by atoms with E-state index in [0.29, 0.717) is 11.5 Å². The third-order valence-corrected chi connectivity index (χ3v) is 3.33. The molecule has 1 saturated heterocycles. The van der Waals surface area contributed by atoms with Crippen molar-refractivity contribution < 1.29 is 14.7 Å². The Morgan fingerprint density at radius 1 is 1.28 bits per heavy atom. The van der Waals surface area contributed by atoms with Gasteiger partial charge >= 0.3 is 5.97 Å². The maximum absolute atomic E-state index is 11.8. The van der Waals surface area contributed by atoms with E-state index in [4.69, 9.17) is 9.94 Å². The van der Waals surface area contributed by atoms with Crippen LogP contribution in [-0.2, 0) is 4.84 Å². The van der Waals surface area contributed by atoms with Crippen molar-refractivity contribution in [1.82, 2.24) is 5.06 Å². The summed E-state index contributed by atoms with van der Waals surface area (Å²) in [6.07, 6.45) is 2.80. The molecule has 4 heteroatoms. The Hall–Kier alpha value is -1.39. The highest BCUT2D eigenvalue weighted by Gasteiger charge is 2.21. The van der Waals surface area contributed by atoms with Crippen LogP contribution in [0.3, 0.4) is 0 Å². The third-order valence-electron chi connectivity index (χ3n) is 3.33. The van der Waals surface area contributed by atoms with Crippen molar-refractivity contribution in [2.45, 2.75) is 19.3 Å². The molecule has 1 fully saturated rings. The highest BCUT2D eigenvalue weighted by atomic mass is 16.7. The van der Waals surface area contributed by atoms with Crippen LogP contribution in [0.1, 0.15) is 29.6 Å². The molecule has 0 bridgehead atoms. The molecule has 0 aliphatic carbocycles. The van der Waals surface area contributed by atoms with Crippen LogP contribution in [0.25, 0.3) is 0 Å². The monoisotopic (exact) mass is 249 g/mol. The van der Waals surface area contributed by atoms with Gasteiger partial charge in [-0.1, -0.05) is 18.2 Å². The molecule has 0 spiro atoms. The first-order valence-electron chi connectivity index (χ1n) is 6.42. The number of hydrogen-bond donors (Lipinski definition) is 1. The van der Waals surface area contributed by atoms with Crippen molar-refractivity contribution >= 4 is 5.97 Å². The first-order valence-corrected chi connectivity index (χ1v) is 6.42. The van der Waals surface area contributed by atoms with Gasteiger partial charge in [0.1, 0.15) is 0 Å². The minimum atomic E-state index is -0.295. The van der Waals surface area contributed by atoms with Gasteiger partial charge in [0.25, 0.3) is 0 Å². The summed E-state index contributed by atoms with van der Waals surface area (Å²) in [6, 6.07) is 9.02. The van der Waals surface area contributed by atoms with E-state index in [9.17, 15) is 4.79 Å². The highest BCUT2D eigenvalue weighted by molar-refractivity contribution is 5.89. The zero-order chi connectivity index (χ0) is 12.8. The van der Waals surface area contributed by atoms with Gasteiger partial charge in [-0.3, -0.25) is 0 Å². The van der Waals surface area contributed by atoms with Gasteiger partial charge in [0.15, 0.2) is 0 Å². The molecule has 1 heterocycles. The van der Waals surface area contributed by atoms with Gasteiger partial charge in [0.2, 0.25) is 0 Å². The summed E-state index contributed by atoms with van der Waals surface area (Å²) in [6.45, 7) is 1.75. The minimum Gasteiger partial charge on any atom is -0.396 e. The number of nitrogens with zero attached hydrogens (tertiary/aromatic N) is 1. The van der Waals surface area contributed by atoms with Gasteiger partial charge in [0, 0.05) is 19.7 Å².